The van der Waals surface area contributed by atoms with E-state index in [0.717, 1.165) is 17.7 Å². The van der Waals surface area contributed by atoms with Crippen LogP contribution in [0.4, 0.5) is 20.7 Å². The van der Waals surface area contributed by atoms with Crippen molar-refractivity contribution in [3.63, 3.8) is 0 Å². The Morgan fingerprint density at radius 2 is 2.00 bits per heavy atom. The molecule has 1 saturated carbocycles. The summed E-state index contributed by atoms with van der Waals surface area (Å²) in [5, 5.41) is 1.09. The number of halogens is 1. The van der Waals surface area contributed by atoms with Crippen molar-refractivity contribution in [2.24, 2.45) is 11.7 Å². The number of fused-ring (bicyclic) bond motifs is 5. The van der Waals surface area contributed by atoms with Gasteiger partial charge in [-0.3, -0.25) is 14.0 Å². The van der Waals surface area contributed by atoms with Gasteiger partial charge in [0.1, 0.15) is 23.1 Å². The Morgan fingerprint density at radius 1 is 1.24 bits per heavy atom. The fourth-order valence-corrected chi connectivity index (χ4v) is 5.82. The molecule has 4 aromatic rings. The zero-order chi connectivity index (χ0) is 29.1. The van der Waals surface area contributed by atoms with Crippen LogP contribution < -0.4 is 20.3 Å². The number of carbonyl (C=O) groups excluding carboxylic acids is 1. The maximum atomic E-state index is 15.1. The van der Waals surface area contributed by atoms with E-state index >= 15 is 4.39 Å². The van der Waals surface area contributed by atoms with Crippen LogP contribution in [-0.4, -0.2) is 76.8 Å². The monoisotopic (exact) mass is 584 g/mol. The molecule has 0 spiro atoms. The summed E-state index contributed by atoms with van der Waals surface area (Å²) in [5.41, 5.74) is 7.38. The van der Waals surface area contributed by atoms with E-state index in [1.165, 1.54) is 44.9 Å². The van der Waals surface area contributed by atoms with Crippen molar-refractivity contribution in [3.8, 4) is 11.8 Å². The standard InChI is InChI=1S/C26H30FN8O5P/c1-13-29-9-17(10-30-13)40-25-32-23-21(24(33-25)35-11-14-5-16(35)8-19(14)28)18-6-15(27)7-20(22(18)31-23)34(2)26(36)38-12-39-41(3,4)37/h6-7,9-10,14,16,19H,5,8,11-12,28H2,1-4H3,(H,31,32,33)/t14-,16-,19-/m1/s1. The van der Waals surface area contributed by atoms with Gasteiger partial charge in [0.25, 0.3) is 0 Å². The third-order valence-electron chi connectivity index (χ3n) is 7.48. The number of rotatable bonds is 7. The second-order valence-corrected chi connectivity index (χ2v) is 13.5. The molecule has 13 nitrogen and oxygen atoms in total. The van der Waals surface area contributed by atoms with Gasteiger partial charge in [-0.25, -0.2) is 19.2 Å². The van der Waals surface area contributed by atoms with Crippen molar-refractivity contribution < 1.29 is 27.7 Å². The molecule has 1 aromatic carbocycles. The number of aromatic amines is 1. The van der Waals surface area contributed by atoms with Crippen LogP contribution in [0.5, 0.6) is 11.8 Å². The molecule has 6 rings (SSSR count). The number of ether oxygens (including phenoxy) is 2. The van der Waals surface area contributed by atoms with E-state index in [4.69, 9.17) is 24.7 Å². The number of nitrogens with two attached hydrogens (primary N) is 1. The van der Waals surface area contributed by atoms with Crippen molar-refractivity contribution >= 4 is 46.9 Å². The van der Waals surface area contributed by atoms with E-state index in [1.54, 1.807) is 6.92 Å². The molecule has 1 saturated heterocycles. The Kier molecular flexibility index (Phi) is 6.79. The molecular weight excluding hydrogens is 554 g/mol. The summed E-state index contributed by atoms with van der Waals surface area (Å²) in [4.78, 5) is 37.0. The van der Waals surface area contributed by atoms with Gasteiger partial charge < -0.3 is 25.1 Å². The number of H-pyrrole nitrogens is 1. The highest BCUT2D eigenvalue weighted by atomic mass is 31.2. The summed E-state index contributed by atoms with van der Waals surface area (Å²) in [5.74, 6) is 1.30. The quantitative estimate of drug-likeness (QED) is 0.237. The van der Waals surface area contributed by atoms with Gasteiger partial charge >= 0.3 is 12.1 Å². The summed E-state index contributed by atoms with van der Waals surface area (Å²) in [6.45, 7) is 4.79. The van der Waals surface area contributed by atoms with E-state index in [0.29, 0.717) is 51.8 Å². The number of piperidine rings is 1. The largest absolute Gasteiger partial charge is 0.422 e. The van der Waals surface area contributed by atoms with Crippen molar-refractivity contribution in [1.29, 1.82) is 0 Å². The maximum Gasteiger partial charge on any atom is 0.416 e. The number of hydrogen-bond acceptors (Lipinski definition) is 11. The van der Waals surface area contributed by atoms with Crippen LogP contribution >= 0.6 is 7.37 Å². The molecule has 41 heavy (non-hydrogen) atoms. The number of benzene rings is 1. The predicted octanol–water partition coefficient (Wildman–Crippen LogP) is 4.15. The van der Waals surface area contributed by atoms with Gasteiger partial charge in [-0.15, -0.1) is 0 Å². The zero-order valence-electron chi connectivity index (χ0n) is 23.0. The first-order valence-corrected chi connectivity index (χ1v) is 15.6. The molecule has 1 amide bonds. The number of nitrogens with one attached hydrogen (secondary N) is 1. The fraction of sp³-hybridized carbons (Fsp3) is 0.423. The lowest BCUT2D eigenvalue weighted by Gasteiger charge is -2.31. The summed E-state index contributed by atoms with van der Waals surface area (Å²) in [6, 6.07) is 2.96. The van der Waals surface area contributed by atoms with E-state index in [-0.39, 0.29) is 23.8 Å². The number of aryl methyl sites for hydroxylation is 1. The van der Waals surface area contributed by atoms with Crippen molar-refractivity contribution in [1.82, 2.24) is 24.9 Å². The highest BCUT2D eigenvalue weighted by Crippen LogP contribution is 2.44. The third kappa shape index (κ3) is 5.30. The van der Waals surface area contributed by atoms with Crippen molar-refractivity contribution in [2.75, 3.05) is 43.5 Å². The van der Waals surface area contributed by atoms with Crippen LogP contribution in [0, 0.1) is 18.7 Å². The summed E-state index contributed by atoms with van der Waals surface area (Å²) < 4.78 is 43.0. The molecule has 3 N–H and O–H groups in total. The molecule has 2 aliphatic rings. The Labute approximate surface area is 234 Å². The topological polar surface area (TPSA) is 162 Å². The second-order valence-electron chi connectivity index (χ2n) is 10.8. The average Bonchev–Trinajstić information content (AvgIpc) is 3.60. The predicted molar refractivity (Wildman–Crippen MR) is 150 cm³/mol. The molecule has 2 fully saturated rings. The highest BCUT2D eigenvalue weighted by molar-refractivity contribution is 7.57. The van der Waals surface area contributed by atoms with Crippen LogP contribution in [0.1, 0.15) is 18.7 Å². The summed E-state index contributed by atoms with van der Waals surface area (Å²) >= 11 is 0. The highest BCUT2D eigenvalue weighted by Gasteiger charge is 2.44. The van der Waals surface area contributed by atoms with Gasteiger partial charge in [-0.05, 0) is 37.8 Å². The van der Waals surface area contributed by atoms with Crippen LogP contribution in [0.3, 0.4) is 0 Å². The number of carbonyl (C=O) groups is 1. The number of hydrogen-bond donors (Lipinski definition) is 2. The molecule has 2 bridgehead atoms. The first kappa shape index (κ1) is 27.3. The van der Waals surface area contributed by atoms with Gasteiger partial charge in [0, 0.05) is 44.4 Å². The Bertz CT molecular complexity index is 1690. The molecule has 0 unspecified atom stereocenters. The average molecular weight is 585 g/mol. The van der Waals surface area contributed by atoms with E-state index in [2.05, 4.69) is 24.8 Å². The minimum atomic E-state index is -2.86. The van der Waals surface area contributed by atoms with Crippen LogP contribution in [-0.2, 0) is 13.8 Å². The Hall–Kier alpha value is -3.87. The third-order valence-corrected chi connectivity index (χ3v) is 8.21. The lowest BCUT2D eigenvalue weighted by molar-refractivity contribution is 0.0681. The van der Waals surface area contributed by atoms with E-state index in [1.807, 2.05) is 0 Å². The molecule has 3 atom stereocenters. The van der Waals surface area contributed by atoms with Gasteiger partial charge in [0.05, 0.1) is 29.0 Å². The summed E-state index contributed by atoms with van der Waals surface area (Å²) in [7, 11) is -1.41. The van der Waals surface area contributed by atoms with Gasteiger partial charge in [-0.1, -0.05) is 0 Å². The molecule has 216 valence electrons. The zero-order valence-corrected chi connectivity index (χ0v) is 23.9. The SMILES string of the molecule is Cc1ncc(Oc2nc(N3C[C@H]4C[C@@H]3C[C@H]4N)c3c(n2)[nH]c2c(N(C)C(=O)OCOP(C)(C)=O)cc(F)cc23)cn1. The first-order valence-electron chi connectivity index (χ1n) is 13.1. The normalized spacial score (nSPS) is 20.2. The molecule has 4 heterocycles. The molecule has 3 aromatic heterocycles. The maximum absolute atomic E-state index is 15.1. The number of amides is 1. The lowest BCUT2D eigenvalue weighted by atomic mass is 10.0. The first-order chi connectivity index (χ1) is 19.5. The van der Waals surface area contributed by atoms with Crippen LogP contribution in [0.15, 0.2) is 24.5 Å². The molecule has 15 heteroatoms. The number of aromatic nitrogens is 5. The van der Waals surface area contributed by atoms with Crippen LogP contribution in [0.25, 0.3) is 21.9 Å². The van der Waals surface area contributed by atoms with E-state index in [9.17, 15) is 9.36 Å². The van der Waals surface area contributed by atoms with Crippen LogP contribution in [0.2, 0.25) is 0 Å². The van der Waals surface area contributed by atoms with Gasteiger partial charge in [0.15, 0.2) is 13.1 Å². The van der Waals surface area contributed by atoms with Crippen molar-refractivity contribution in [2.45, 2.75) is 31.8 Å². The minimum Gasteiger partial charge on any atom is -0.422 e. The number of nitrogens with zero attached hydrogens (tertiary/aromatic N) is 6. The van der Waals surface area contributed by atoms with E-state index < -0.39 is 26.1 Å². The molecule has 0 radical (unpaired) electrons. The lowest BCUT2D eigenvalue weighted by Crippen LogP contribution is -2.41. The molecule has 1 aliphatic carbocycles. The Morgan fingerprint density at radius 3 is 2.66 bits per heavy atom. The van der Waals surface area contributed by atoms with Gasteiger partial charge in [-0.2, -0.15) is 9.97 Å². The van der Waals surface area contributed by atoms with Gasteiger partial charge in [0.2, 0.25) is 6.79 Å². The molecule has 1 aliphatic heterocycles. The summed E-state index contributed by atoms with van der Waals surface area (Å²) in [6.07, 6.45) is 4.01. The minimum absolute atomic E-state index is 0.0640. The second kappa shape index (κ2) is 10.2. The fourth-order valence-electron chi connectivity index (χ4n) is 5.52. The molecular formula is C26H30FN8O5P. The smallest absolute Gasteiger partial charge is 0.416 e. The van der Waals surface area contributed by atoms with Crippen molar-refractivity contribution in [3.05, 3.63) is 36.2 Å². The number of anilines is 2. The Balaban J connectivity index is 1.44.